The number of fused-ring (bicyclic) bond motifs is 1. The third-order valence-corrected chi connectivity index (χ3v) is 4.99. The highest BCUT2D eigenvalue weighted by molar-refractivity contribution is 5.82. The number of hydrogen-bond acceptors (Lipinski definition) is 6. The van der Waals surface area contributed by atoms with E-state index in [2.05, 4.69) is 30.2 Å². The first-order valence-corrected chi connectivity index (χ1v) is 9.39. The lowest BCUT2D eigenvalue weighted by atomic mass is 10.1. The van der Waals surface area contributed by atoms with Crippen molar-refractivity contribution in [2.75, 3.05) is 18.4 Å². The van der Waals surface area contributed by atoms with E-state index in [1.54, 1.807) is 0 Å². The lowest BCUT2D eigenvalue weighted by Crippen LogP contribution is -2.35. The van der Waals surface area contributed by atoms with E-state index in [1.165, 1.54) is 6.33 Å². The van der Waals surface area contributed by atoms with Crippen LogP contribution in [0.3, 0.4) is 0 Å². The summed E-state index contributed by atoms with van der Waals surface area (Å²) in [7, 11) is 0. The molecule has 1 aliphatic heterocycles. The largest absolute Gasteiger partial charge is 0.451 e. The monoisotopic (exact) mass is 406 g/mol. The van der Waals surface area contributed by atoms with Crippen molar-refractivity contribution >= 4 is 17.0 Å². The second-order valence-corrected chi connectivity index (χ2v) is 7.17. The van der Waals surface area contributed by atoms with Crippen molar-refractivity contribution in [3.05, 3.63) is 47.5 Å². The highest BCUT2D eigenvalue weighted by atomic mass is 19.4. The number of H-pyrrole nitrogens is 1. The number of piperidine rings is 1. The van der Waals surface area contributed by atoms with Crippen LogP contribution in [-0.2, 0) is 19.3 Å². The van der Waals surface area contributed by atoms with Crippen LogP contribution in [0.2, 0.25) is 0 Å². The van der Waals surface area contributed by atoms with Gasteiger partial charge in [0.25, 0.3) is 0 Å². The SMILES string of the molecule is OC1CCN(Cc2ccc(CNc3nc(C(F)(F)F)nc4nc[nH]c34)cc2)CC1. The summed E-state index contributed by atoms with van der Waals surface area (Å²) >= 11 is 0. The first-order chi connectivity index (χ1) is 13.9. The molecule has 1 saturated heterocycles. The molecule has 2 aromatic heterocycles. The van der Waals surface area contributed by atoms with Crippen LogP contribution in [-0.4, -0.2) is 49.1 Å². The van der Waals surface area contributed by atoms with Crippen LogP contribution in [0.5, 0.6) is 0 Å². The summed E-state index contributed by atoms with van der Waals surface area (Å²) in [6.45, 7) is 2.88. The van der Waals surface area contributed by atoms with E-state index in [4.69, 9.17) is 0 Å². The Morgan fingerprint density at radius 1 is 1.10 bits per heavy atom. The zero-order chi connectivity index (χ0) is 20.4. The Balaban J connectivity index is 1.42. The number of benzene rings is 1. The van der Waals surface area contributed by atoms with Gasteiger partial charge in [-0.2, -0.15) is 13.2 Å². The number of alkyl halides is 3. The second-order valence-electron chi connectivity index (χ2n) is 7.17. The molecule has 0 amide bonds. The van der Waals surface area contributed by atoms with Crippen LogP contribution in [0.25, 0.3) is 11.2 Å². The zero-order valence-corrected chi connectivity index (χ0v) is 15.6. The van der Waals surface area contributed by atoms with Gasteiger partial charge >= 0.3 is 6.18 Å². The van der Waals surface area contributed by atoms with E-state index in [0.717, 1.165) is 43.6 Å². The van der Waals surface area contributed by atoms with Crippen LogP contribution in [0.4, 0.5) is 19.0 Å². The van der Waals surface area contributed by atoms with Crippen molar-refractivity contribution in [2.24, 2.45) is 0 Å². The molecule has 3 heterocycles. The zero-order valence-electron chi connectivity index (χ0n) is 15.6. The summed E-state index contributed by atoms with van der Waals surface area (Å²) in [5, 5.41) is 12.5. The Labute approximate surface area is 165 Å². The third kappa shape index (κ3) is 4.65. The molecule has 0 unspecified atom stereocenters. The number of likely N-dealkylation sites (tertiary alicyclic amines) is 1. The van der Waals surface area contributed by atoms with Gasteiger partial charge in [-0.25, -0.2) is 15.0 Å². The topological polar surface area (TPSA) is 90.0 Å². The van der Waals surface area contributed by atoms with Gasteiger partial charge in [0.2, 0.25) is 5.82 Å². The van der Waals surface area contributed by atoms with Crippen molar-refractivity contribution in [2.45, 2.75) is 38.2 Å². The Morgan fingerprint density at radius 3 is 2.48 bits per heavy atom. The predicted octanol–water partition coefficient (Wildman–Crippen LogP) is 2.94. The summed E-state index contributed by atoms with van der Waals surface area (Å²) in [4.78, 5) is 16.0. The molecule has 0 atom stereocenters. The van der Waals surface area contributed by atoms with Crippen LogP contribution in [0.15, 0.2) is 30.6 Å². The number of anilines is 1. The van der Waals surface area contributed by atoms with Crippen LogP contribution >= 0.6 is 0 Å². The quantitative estimate of drug-likeness (QED) is 0.604. The van der Waals surface area contributed by atoms with Gasteiger partial charge in [-0.05, 0) is 24.0 Å². The Kier molecular flexibility index (Phi) is 5.37. The fourth-order valence-corrected chi connectivity index (χ4v) is 3.37. The summed E-state index contributed by atoms with van der Waals surface area (Å²) < 4.78 is 39.0. The van der Waals surface area contributed by atoms with E-state index >= 15 is 0 Å². The molecule has 0 aliphatic carbocycles. The minimum Gasteiger partial charge on any atom is -0.393 e. The van der Waals surface area contributed by atoms with Crippen molar-refractivity contribution in [3.8, 4) is 0 Å². The fraction of sp³-hybridized carbons (Fsp3) is 0.421. The molecule has 3 aromatic rings. The average molecular weight is 406 g/mol. The maximum atomic E-state index is 13.0. The minimum absolute atomic E-state index is 0.0307. The van der Waals surface area contributed by atoms with Gasteiger partial charge in [0.05, 0.1) is 12.4 Å². The Hall–Kier alpha value is -2.72. The molecule has 0 spiro atoms. The Morgan fingerprint density at radius 2 is 1.79 bits per heavy atom. The molecule has 3 N–H and O–H groups in total. The second kappa shape index (κ2) is 7.96. The van der Waals surface area contributed by atoms with Crippen LogP contribution < -0.4 is 5.32 Å². The number of nitrogens with zero attached hydrogens (tertiary/aromatic N) is 4. The van der Waals surface area contributed by atoms with Crippen molar-refractivity contribution in [1.29, 1.82) is 0 Å². The number of aliphatic hydroxyl groups is 1. The normalized spacial score (nSPS) is 16.4. The summed E-state index contributed by atoms with van der Waals surface area (Å²) in [5.74, 6) is -1.16. The van der Waals surface area contributed by atoms with E-state index in [9.17, 15) is 18.3 Å². The maximum Gasteiger partial charge on any atom is 0.451 e. The Bertz CT molecular complexity index is 964. The molecule has 154 valence electrons. The lowest BCUT2D eigenvalue weighted by molar-refractivity contribution is -0.144. The lowest BCUT2D eigenvalue weighted by Gasteiger charge is -2.29. The average Bonchev–Trinajstić information content (AvgIpc) is 3.17. The molecule has 29 heavy (non-hydrogen) atoms. The molecule has 7 nitrogen and oxygen atoms in total. The van der Waals surface area contributed by atoms with E-state index in [1.807, 2.05) is 24.3 Å². The van der Waals surface area contributed by atoms with Crippen molar-refractivity contribution in [3.63, 3.8) is 0 Å². The highest BCUT2D eigenvalue weighted by Crippen LogP contribution is 2.29. The van der Waals surface area contributed by atoms with Gasteiger partial charge in [-0.1, -0.05) is 24.3 Å². The molecule has 4 rings (SSSR count). The van der Waals surface area contributed by atoms with Crippen molar-refractivity contribution < 1.29 is 18.3 Å². The molecule has 1 aromatic carbocycles. The first-order valence-electron chi connectivity index (χ1n) is 9.39. The van der Waals surface area contributed by atoms with Crippen LogP contribution in [0, 0.1) is 0 Å². The number of halogens is 3. The van der Waals surface area contributed by atoms with E-state index in [0.29, 0.717) is 12.1 Å². The molecule has 0 radical (unpaired) electrons. The maximum absolute atomic E-state index is 13.0. The molecule has 1 fully saturated rings. The molecular weight excluding hydrogens is 385 g/mol. The van der Waals surface area contributed by atoms with Gasteiger partial charge in [0.15, 0.2) is 11.5 Å². The molecule has 1 aliphatic rings. The van der Waals surface area contributed by atoms with E-state index in [-0.39, 0.29) is 17.6 Å². The number of nitrogens with one attached hydrogen (secondary N) is 2. The van der Waals surface area contributed by atoms with Crippen LogP contribution in [0.1, 0.15) is 29.8 Å². The first kappa shape index (κ1) is 19.6. The smallest absolute Gasteiger partial charge is 0.393 e. The van der Waals surface area contributed by atoms with E-state index < -0.39 is 12.0 Å². The number of aliphatic hydroxyl groups excluding tert-OH is 1. The summed E-state index contributed by atoms with van der Waals surface area (Å²) in [6, 6.07) is 7.90. The molecule has 0 saturated carbocycles. The molecule has 0 bridgehead atoms. The predicted molar refractivity (Wildman–Crippen MR) is 101 cm³/mol. The minimum atomic E-state index is -4.64. The van der Waals surface area contributed by atoms with Gasteiger partial charge in [-0.15, -0.1) is 0 Å². The number of aromatic nitrogens is 4. The number of hydrogen-bond donors (Lipinski definition) is 3. The number of aromatic amines is 1. The van der Waals surface area contributed by atoms with Gasteiger partial charge in [0.1, 0.15) is 5.52 Å². The highest BCUT2D eigenvalue weighted by Gasteiger charge is 2.36. The molecular formula is C19H21F3N6O. The van der Waals surface area contributed by atoms with Gasteiger partial charge < -0.3 is 15.4 Å². The standard InChI is InChI=1S/C19H21F3N6O/c20-19(21,22)18-26-16(15-17(27-18)25-11-24-15)23-9-12-1-3-13(4-2-12)10-28-7-5-14(29)6-8-28/h1-4,11,14,29H,5-10H2,(H2,23,24,25,26,27). The summed E-state index contributed by atoms with van der Waals surface area (Å²) in [6.07, 6.45) is -1.96. The number of rotatable bonds is 5. The van der Waals surface area contributed by atoms with Gasteiger partial charge in [-0.3, -0.25) is 4.90 Å². The van der Waals surface area contributed by atoms with Gasteiger partial charge in [0, 0.05) is 26.2 Å². The molecule has 10 heteroatoms. The summed E-state index contributed by atoms with van der Waals surface area (Å²) in [5.41, 5.74) is 2.38. The van der Waals surface area contributed by atoms with Crippen molar-refractivity contribution in [1.82, 2.24) is 24.8 Å². The fourth-order valence-electron chi connectivity index (χ4n) is 3.37. The third-order valence-electron chi connectivity index (χ3n) is 4.99. The number of imidazole rings is 1.